The SMILES string of the molecule is CCN1CCN(c2nc(/C=C/c3ccccc3OC)cc3ccccc23)CC1.O=C(O)C(=O)O. The molecule has 0 spiro atoms. The number of pyridine rings is 1. The van der Waals surface area contributed by atoms with Gasteiger partial charge in [-0.2, -0.15) is 0 Å². The molecule has 0 bridgehead atoms. The van der Waals surface area contributed by atoms with Crippen molar-refractivity contribution < 1.29 is 24.5 Å². The van der Waals surface area contributed by atoms with E-state index in [1.807, 2.05) is 18.2 Å². The molecule has 0 unspecified atom stereocenters. The number of carboxylic acid groups (broad SMARTS) is 2. The Balaban J connectivity index is 0.000000481. The zero-order valence-corrected chi connectivity index (χ0v) is 19.3. The van der Waals surface area contributed by atoms with E-state index in [1.165, 1.54) is 10.8 Å². The van der Waals surface area contributed by atoms with Crippen molar-refractivity contribution in [2.45, 2.75) is 6.92 Å². The minimum atomic E-state index is -1.82. The largest absolute Gasteiger partial charge is 0.496 e. The third-order valence-corrected chi connectivity index (χ3v) is 5.61. The maximum atomic E-state index is 9.10. The van der Waals surface area contributed by atoms with E-state index in [-0.39, 0.29) is 0 Å². The number of rotatable bonds is 5. The molecule has 0 aliphatic carbocycles. The highest BCUT2D eigenvalue weighted by Crippen LogP contribution is 2.28. The maximum Gasteiger partial charge on any atom is 0.414 e. The first kappa shape index (κ1) is 24.7. The lowest BCUT2D eigenvalue weighted by Crippen LogP contribution is -2.46. The summed E-state index contributed by atoms with van der Waals surface area (Å²) in [5.74, 6) is -1.69. The number of hydrogen-bond acceptors (Lipinski definition) is 6. The third-order valence-electron chi connectivity index (χ3n) is 5.61. The Morgan fingerprint density at radius 3 is 2.26 bits per heavy atom. The maximum absolute atomic E-state index is 9.10. The number of aliphatic carboxylic acids is 2. The number of nitrogens with zero attached hydrogens (tertiary/aromatic N) is 3. The number of fused-ring (bicyclic) bond motifs is 1. The highest BCUT2D eigenvalue weighted by atomic mass is 16.5. The van der Waals surface area contributed by atoms with Crippen LogP contribution in [0.4, 0.5) is 5.82 Å². The summed E-state index contributed by atoms with van der Waals surface area (Å²) in [5.41, 5.74) is 2.02. The predicted octanol–water partition coefficient (Wildman–Crippen LogP) is 3.71. The van der Waals surface area contributed by atoms with Gasteiger partial charge in [-0.3, -0.25) is 0 Å². The zero-order chi connectivity index (χ0) is 24.5. The van der Waals surface area contributed by atoms with Gasteiger partial charge in [0.05, 0.1) is 12.8 Å². The van der Waals surface area contributed by atoms with Crippen LogP contribution in [0.1, 0.15) is 18.2 Å². The number of benzene rings is 2. The summed E-state index contributed by atoms with van der Waals surface area (Å²) in [6, 6.07) is 18.7. The molecule has 4 rings (SSSR count). The van der Waals surface area contributed by atoms with Crippen LogP contribution in [0.5, 0.6) is 5.75 Å². The third kappa shape index (κ3) is 6.32. The fourth-order valence-corrected chi connectivity index (χ4v) is 3.78. The molecular weight excluding hydrogens is 434 g/mol. The minimum absolute atomic E-state index is 0.871. The van der Waals surface area contributed by atoms with Crippen molar-refractivity contribution in [2.24, 2.45) is 0 Å². The fourth-order valence-electron chi connectivity index (χ4n) is 3.78. The molecule has 1 aliphatic rings. The van der Waals surface area contributed by atoms with Gasteiger partial charge in [0.25, 0.3) is 0 Å². The molecule has 1 saturated heterocycles. The molecule has 178 valence electrons. The molecule has 2 aromatic carbocycles. The Labute approximate surface area is 198 Å². The Morgan fingerprint density at radius 1 is 0.971 bits per heavy atom. The lowest BCUT2D eigenvalue weighted by Gasteiger charge is -2.35. The van der Waals surface area contributed by atoms with Crippen LogP contribution in [-0.4, -0.2) is 71.9 Å². The summed E-state index contributed by atoms with van der Waals surface area (Å²) in [6.45, 7) is 7.56. The van der Waals surface area contributed by atoms with Gasteiger partial charge in [0.1, 0.15) is 11.6 Å². The second-order valence-electron chi connectivity index (χ2n) is 7.70. The van der Waals surface area contributed by atoms with Crippen molar-refractivity contribution >= 4 is 40.7 Å². The number of ether oxygens (including phenoxy) is 1. The Morgan fingerprint density at radius 2 is 1.62 bits per heavy atom. The first-order chi connectivity index (χ1) is 16.4. The number of para-hydroxylation sites is 1. The van der Waals surface area contributed by atoms with E-state index in [0.29, 0.717) is 0 Å². The molecule has 2 N–H and O–H groups in total. The van der Waals surface area contributed by atoms with E-state index in [4.69, 9.17) is 29.5 Å². The summed E-state index contributed by atoms with van der Waals surface area (Å²) >= 11 is 0. The van der Waals surface area contributed by atoms with Crippen LogP contribution in [0.2, 0.25) is 0 Å². The second kappa shape index (κ2) is 11.8. The van der Waals surface area contributed by atoms with E-state index < -0.39 is 11.9 Å². The van der Waals surface area contributed by atoms with Crippen LogP contribution in [0.25, 0.3) is 22.9 Å². The Hall–Kier alpha value is -3.91. The van der Waals surface area contributed by atoms with Crippen molar-refractivity contribution in [2.75, 3.05) is 44.7 Å². The van der Waals surface area contributed by atoms with Crippen molar-refractivity contribution in [1.29, 1.82) is 0 Å². The van der Waals surface area contributed by atoms with Gasteiger partial charge in [-0.15, -0.1) is 0 Å². The number of methoxy groups -OCH3 is 1. The normalized spacial score (nSPS) is 14.0. The number of carboxylic acids is 2. The molecule has 3 aromatic rings. The van der Waals surface area contributed by atoms with Gasteiger partial charge < -0.3 is 24.7 Å². The van der Waals surface area contributed by atoms with E-state index in [1.54, 1.807) is 7.11 Å². The summed E-state index contributed by atoms with van der Waals surface area (Å²) in [6.07, 6.45) is 4.16. The minimum Gasteiger partial charge on any atom is -0.496 e. The fraction of sp³-hybridized carbons (Fsp3) is 0.269. The van der Waals surface area contributed by atoms with Crippen LogP contribution >= 0.6 is 0 Å². The van der Waals surface area contributed by atoms with Gasteiger partial charge >= 0.3 is 11.9 Å². The number of carbonyl (C=O) groups is 2. The van der Waals surface area contributed by atoms with Crippen LogP contribution in [0.3, 0.4) is 0 Å². The smallest absolute Gasteiger partial charge is 0.414 e. The topological polar surface area (TPSA) is 103 Å². The predicted molar refractivity (Wildman–Crippen MR) is 133 cm³/mol. The molecule has 8 heteroatoms. The molecule has 8 nitrogen and oxygen atoms in total. The zero-order valence-electron chi connectivity index (χ0n) is 19.3. The molecule has 0 amide bonds. The van der Waals surface area contributed by atoms with Crippen molar-refractivity contribution in [3.63, 3.8) is 0 Å². The quantitative estimate of drug-likeness (QED) is 0.552. The van der Waals surface area contributed by atoms with E-state index in [0.717, 1.165) is 55.5 Å². The highest BCUT2D eigenvalue weighted by molar-refractivity contribution is 6.27. The van der Waals surface area contributed by atoms with Crippen LogP contribution in [0, 0.1) is 0 Å². The molecule has 34 heavy (non-hydrogen) atoms. The molecule has 0 saturated carbocycles. The molecule has 1 aromatic heterocycles. The van der Waals surface area contributed by atoms with Gasteiger partial charge in [-0.25, -0.2) is 14.6 Å². The van der Waals surface area contributed by atoms with Crippen molar-refractivity contribution in [3.8, 4) is 5.75 Å². The Bertz CT molecular complexity index is 1160. The van der Waals surface area contributed by atoms with Gasteiger partial charge in [0.2, 0.25) is 0 Å². The molecule has 2 heterocycles. The lowest BCUT2D eigenvalue weighted by molar-refractivity contribution is -0.159. The Kier molecular flexibility index (Phi) is 8.59. The molecule has 0 radical (unpaired) electrons. The molecular formula is C26H29N3O5. The van der Waals surface area contributed by atoms with Gasteiger partial charge in [0.15, 0.2) is 0 Å². The first-order valence-electron chi connectivity index (χ1n) is 11.1. The summed E-state index contributed by atoms with van der Waals surface area (Å²) in [5, 5.41) is 17.2. The standard InChI is InChI=1S/C24H27N3O.C2H2O4/c1-3-26-14-16-27(17-15-26)24-22-10-6-4-9-20(22)18-21(25-24)13-12-19-8-5-7-11-23(19)28-2;3-1(4)2(5)6/h4-13,18H,3,14-17H2,1-2H3;(H,3,4)(H,5,6)/b13-12+;. The summed E-state index contributed by atoms with van der Waals surface area (Å²) < 4.78 is 5.46. The van der Waals surface area contributed by atoms with Crippen molar-refractivity contribution in [1.82, 2.24) is 9.88 Å². The molecule has 1 aliphatic heterocycles. The van der Waals surface area contributed by atoms with Gasteiger partial charge in [-0.1, -0.05) is 49.4 Å². The van der Waals surface area contributed by atoms with Crippen LogP contribution in [0.15, 0.2) is 54.6 Å². The summed E-state index contributed by atoms with van der Waals surface area (Å²) in [7, 11) is 1.70. The highest BCUT2D eigenvalue weighted by Gasteiger charge is 2.19. The number of piperazine rings is 1. The van der Waals surface area contributed by atoms with E-state index in [2.05, 4.69) is 65.3 Å². The van der Waals surface area contributed by atoms with Crippen LogP contribution in [-0.2, 0) is 9.59 Å². The van der Waals surface area contributed by atoms with Crippen molar-refractivity contribution in [3.05, 3.63) is 65.9 Å². The number of anilines is 1. The molecule has 0 atom stereocenters. The second-order valence-corrected chi connectivity index (χ2v) is 7.70. The lowest BCUT2D eigenvalue weighted by atomic mass is 10.1. The average Bonchev–Trinajstić information content (AvgIpc) is 2.87. The number of hydrogen-bond donors (Lipinski definition) is 2. The van der Waals surface area contributed by atoms with Gasteiger partial charge in [0, 0.05) is 37.1 Å². The number of likely N-dealkylation sites (N-methyl/N-ethyl adjacent to an activating group) is 1. The van der Waals surface area contributed by atoms with E-state index in [9.17, 15) is 0 Å². The van der Waals surface area contributed by atoms with Crippen LogP contribution < -0.4 is 9.64 Å². The average molecular weight is 464 g/mol. The monoisotopic (exact) mass is 463 g/mol. The van der Waals surface area contributed by atoms with Gasteiger partial charge in [-0.05, 0) is 36.2 Å². The molecule has 1 fully saturated rings. The number of aromatic nitrogens is 1. The first-order valence-corrected chi connectivity index (χ1v) is 11.1. The summed E-state index contributed by atoms with van der Waals surface area (Å²) in [4.78, 5) is 28.1. The van der Waals surface area contributed by atoms with E-state index >= 15 is 0 Å².